The van der Waals surface area contributed by atoms with Crippen molar-refractivity contribution in [2.24, 2.45) is 5.92 Å². The summed E-state index contributed by atoms with van der Waals surface area (Å²) in [6, 6.07) is 0. The molecule has 0 aromatic heterocycles. The van der Waals surface area contributed by atoms with E-state index in [1.165, 1.54) is 12.8 Å². The zero-order valence-corrected chi connectivity index (χ0v) is 11.8. The fraction of sp³-hybridized carbons (Fsp3) is 0.929. The fourth-order valence-corrected chi connectivity index (χ4v) is 2.35. The zero-order valence-electron chi connectivity index (χ0n) is 11.8. The van der Waals surface area contributed by atoms with E-state index in [0.29, 0.717) is 25.6 Å². The molecule has 0 atom stereocenters. The number of nitrogens with one attached hydrogen (secondary N) is 2. The van der Waals surface area contributed by atoms with Crippen LogP contribution in [0.15, 0.2) is 0 Å². The molecule has 1 aliphatic carbocycles. The van der Waals surface area contributed by atoms with Crippen molar-refractivity contribution in [2.45, 2.75) is 58.0 Å². The van der Waals surface area contributed by atoms with Crippen molar-refractivity contribution < 1.29 is 9.90 Å². The van der Waals surface area contributed by atoms with Gasteiger partial charge < -0.3 is 15.7 Å². The minimum Gasteiger partial charge on any atom is -0.389 e. The molecule has 0 aliphatic heterocycles. The van der Waals surface area contributed by atoms with Gasteiger partial charge in [-0.15, -0.1) is 0 Å². The summed E-state index contributed by atoms with van der Waals surface area (Å²) in [5.74, 6) is 0.487. The molecule has 106 valence electrons. The minimum absolute atomic E-state index is 0.0147. The molecular formula is C14H28N2O2. The van der Waals surface area contributed by atoms with Crippen LogP contribution in [0.4, 0.5) is 0 Å². The highest BCUT2D eigenvalue weighted by Gasteiger charge is 2.27. The Hall–Kier alpha value is -0.610. The fourth-order valence-electron chi connectivity index (χ4n) is 2.35. The van der Waals surface area contributed by atoms with Crippen molar-refractivity contribution in [3.63, 3.8) is 0 Å². The SMILES string of the molecule is CC(C)CNC(=O)CNCC1(O)CCCCCC1. The van der Waals surface area contributed by atoms with Crippen molar-refractivity contribution in [2.75, 3.05) is 19.6 Å². The quantitative estimate of drug-likeness (QED) is 0.630. The number of carbonyl (C=O) groups is 1. The van der Waals surface area contributed by atoms with Gasteiger partial charge in [0.2, 0.25) is 5.91 Å². The Morgan fingerprint density at radius 2 is 1.83 bits per heavy atom. The lowest BCUT2D eigenvalue weighted by Gasteiger charge is -2.26. The Morgan fingerprint density at radius 1 is 1.22 bits per heavy atom. The molecule has 1 rings (SSSR count). The summed E-state index contributed by atoms with van der Waals surface area (Å²) in [5, 5.41) is 16.3. The van der Waals surface area contributed by atoms with Gasteiger partial charge in [-0.2, -0.15) is 0 Å². The lowest BCUT2D eigenvalue weighted by molar-refractivity contribution is -0.120. The number of carbonyl (C=O) groups excluding carboxylic acids is 1. The first-order valence-electron chi connectivity index (χ1n) is 7.22. The normalized spacial score (nSPS) is 19.6. The van der Waals surface area contributed by atoms with E-state index in [-0.39, 0.29) is 5.91 Å². The van der Waals surface area contributed by atoms with Crippen LogP contribution in [-0.4, -0.2) is 36.2 Å². The highest BCUT2D eigenvalue weighted by Crippen LogP contribution is 2.26. The standard InChI is InChI=1S/C14H28N2O2/c1-12(2)9-16-13(17)10-15-11-14(18)7-5-3-4-6-8-14/h12,15,18H,3-11H2,1-2H3,(H,16,17). The summed E-state index contributed by atoms with van der Waals surface area (Å²) in [7, 11) is 0. The number of amides is 1. The predicted octanol–water partition coefficient (Wildman–Crippen LogP) is 1.43. The minimum atomic E-state index is -0.602. The third-order valence-electron chi connectivity index (χ3n) is 3.48. The second kappa shape index (κ2) is 7.74. The summed E-state index contributed by atoms with van der Waals surface area (Å²) in [4.78, 5) is 11.5. The van der Waals surface area contributed by atoms with Crippen molar-refractivity contribution >= 4 is 5.91 Å². The van der Waals surface area contributed by atoms with Crippen LogP contribution < -0.4 is 10.6 Å². The predicted molar refractivity (Wildman–Crippen MR) is 73.4 cm³/mol. The number of hydrogen-bond donors (Lipinski definition) is 3. The van der Waals surface area contributed by atoms with Gasteiger partial charge in [-0.3, -0.25) is 4.79 Å². The second-order valence-corrected chi connectivity index (χ2v) is 5.94. The Bertz CT molecular complexity index is 246. The van der Waals surface area contributed by atoms with E-state index >= 15 is 0 Å². The third-order valence-corrected chi connectivity index (χ3v) is 3.48. The highest BCUT2D eigenvalue weighted by atomic mass is 16.3. The van der Waals surface area contributed by atoms with E-state index < -0.39 is 5.60 Å². The monoisotopic (exact) mass is 256 g/mol. The average molecular weight is 256 g/mol. The number of rotatable bonds is 6. The molecule has 1 amide bonds. The van der Waals surface area contributed by atoms with Gasteiger partial charge in [0.15, 0.2) is 0 Å². The summed E-state index contributed by atoms with van der Waals surface area (Å²) in [5.41, 5.74) is -0.602. The first-order valence-corrected chi connectivity index (χ1v) is 7.22. The second-order valence-electron chi connectivity index (χ2n) is 5.94. The van der Waals surface area contributed by atoms with Crippen molar-refractivity contribution in [1.82, 2.24) is 10.6 Å². The topological polar surface area (TPSA) is 61.4 Å². The molecular weight excluding hydrogens is 228 g/mol. The smallest absolute Gasteiger partial charge is 0.233 e. The summed E-state index contributed by atoms with van der Waals surface area (Å²) in [6.45, 7) is 5.69. The summed E-state index contributed by atoms with van der Waals surface area (Å²) >= 11 is 0. The van der Waals surface area contributed by atoms with Crippen molar-refractivity contribution in [3.8, 4) is 0 Å². The van der Waals surface area contributed by atoms with Crippen LogP contribution in [0, 0.1) is 5.92 Å². The lowest BCUT2D eigenvalue weighted by Crippen LogP contribution is -2.44. The van der Waals surface area contributed by atoms with E-state index in [1.807, 2.05) is 0 Å². The van der Waals surface area contributed by atoms with Gasteiger partial charge in [-0.25, -0.2) is 0 Å². The van der Waals surface area contributed by atoms with Crippen LogP contribution in [0.2, 0.25) is 0 Å². The van der Waals surface area contributed by atoms with Crippen LogP contribution in [-0.2, 0) is 4.79 Å². The van der Waals surface area contributed by atoms with Gasteiger partial charge in [0.25, 0.3) is 0 Å². The molecule has 0 radical (unpaired) electrons. The molecule has 1 aliphatic rings. The van der Waals surface area contributed by atoms with Crippen LogP contribution >= 0.6 is 0 Å². The van der Waals surface area contributed by atoms with Crippen LogP contribution in [0.5, 0.6) is 0 Å². The van der Waals surface area contributed by atoms with Gasteiger partial charge in [0.1, 0.15) is 0 Å². The maximum absolute atomic E-state index is 11.5. The molecule has 4 nitrogen and oxygen atoms in total. The first-order chi connectivity index (χ1) is 8.52. The molecule has 0 bridgehead atoms. The van der Waals surface area contributed by atoms with Crippen LogP contribution in [0.1, 0.15) is 52.4 Å². The molecule has 0 heterocycles. The van der Waals surface area contributed by atoms with Gasteiger partial charge >= 0.3 is 0 Å². The van der Waals surface area contributed by atoms with Gasteiger partial charge in [0, 0.05) is 13.1 Å². The molecule has 0 spiro atoms. The van der Waals surface area contributed by atoms with E-state index in [9.17, 15) is 9.90 Å². The van der Waals surface area contributed by atoms with Crippen LogP contribution in [0.3, 0.4) is 0 Å². The average Bonchev–Trinajstić information content (AvgIpc) is 2.52. The van der Waals surface area contributed by atoms with E-state index in [0.717, 1.165) is 25.7 Å². The van der Waals surface area contributed by atoms with E-state index in [4.69, 9.17) is 0 Å². The highest BCUT2D eigenvalue weighted by molar-refractivity contribution is 5.77. The Balaban J connectivity index is 2.17. The molecule has 0 saturated heterocycles. The molecule has 0 aromatic carbocycles. The molecule has 3 N–H and O–H groups in total. The molecule has 4 heteroatoms. The maximum Gasteiger partial charge on any atom is 0.233 e. The molecule has 1 fully saturated rings. The largest absolute Gasteiger partial charge is 0.389 e. The molecule has 0 unspecified atom stereocenters. The maximum atomic E-state index is 11.5. The van der Waals surface area contributed by atoms with Gasteiger partial charge in [-0.05, 0) is 18.8 Å². The van der Waals surface area contributed by atoms with Crippen LogP contribution in [0.25, 0.3) is 0 Å². The number of hydrogen-bond acceptors (Lipinski definition) is 3. The Labute approximate surface area is 111 Å². The zero-order chi connectivity index (χ0) is 13.4. The molecule has 0 aromatic rings. The summed E-state index contributed by atoms with van der Waals surface area (Å²) < 4.78 is 0. The molecule has 1 saturated carbocycles. The van der Waals surface area contributed by atoms with Crippen molar-refractivity contribution in [1.29, 1.82) is 0 Å². The summed E-state index contributed by atoms with van der Waals surface area (Å²) in [6.07, 6.45) is 6.34. The number of aliphatic hydroxyl groups is 1. The van der Waals surface area contributed by atoms with Gasteiger partial charge in [0.05, 0.1) is 12.1 Å². The first kappa shape index (κ1) is 15.4. The van der Waals surface area contributed by atoms with Gasteiger partial charge in [-0.1, -0.05) is 39.5 Å². The third kappa shape index (κ3) is 6.36. The Morgan fingerprint density at radius 3 is 2.39 bits per heavy atom. The van der Waals surface area contributed by atoms with E-state index in [2.05, 4.69) is 24.5 Å². The molecule has 18 heavy (non-hydrogen) atoms. The lowest BCUT2D eigenvalue weighted by atomic mass is 9.94. The van der Waals surface area contributed by atoms with E-state index in [1.54, 1.807) is 0 Å². The van der Waals surface area contributed by atoms with Crippen molar-refractivity contribution in [3.05, 3.63) is 0 Å². The Kier molecular flexibility index (Phi) is 6.65.